The van der Waals surface area contributed by atoms with E-state index < -0.39 is 0 Å². The molecule has 1 aromatic carbocycles. The van der Waals surface area contributed by atoms with E-state index in [4.69, 9.17) is 16.0 Å². The lowest BCUT2D eigenvalue weighted by Crippen LogP contribution is -2.56. The molecule has 1 unspecified atom stereocenters. The van der Waals surface area contributed by atoms with Gasteiger partial charge in [-0.3, -0.25) is 4.79 Å². The third-order valence-electron chi connectivity index (χ3n) is 7.04. The number of fused-ring (bicyclic) bond motifs is 1. The minimum atomic E-state index is 0.0727. The van der Waals surface area contributed by atoms with E-state index in [1.54, 1.807) is 12.1 Å². The molecule has 0 saturated heterocycles. The zero-order valence-electron chi connectivity index (χ0n) is 15.5. The molecule has 1 aromatic heterocycles. The Morgan fingerprint density at radius 2 is 1.96 bits per heavy atom. The Bertz CT molecular complexity index is 845. The van der Waals surface area contributed by atoms with Crippen LogP contribution >= 0.6 is 23.4 Å². The van der Waals surface area contributed by atoms with Crippen LogP contribution in [0.5, 0.6) is 0 Å². The van der Waals surface area contributed by atoms with E-state index in [1.165, 1.54) is 50.3 Å². The van der Waals surface area contributed by atoms with Crippen LogP contribution in [0, 0.1) is 23.2 Å². The fourth-order valence-corrected chi connectivity index (χ4v) is 7.03. The van der Waals surface area contributed by atoms with Gasteiger partial charge in [-0.2, -0.15) is 0 Å². The smallest absolute Gasteiger partial charge is 0.257 e. The van der Waals surface area contributed by atoms with E-state index in [2.05, 4.69) is 17.2 Å². The van der Waals surface area contributed by atoms with Gasteiger partial charge >= 0.3 is 0 Å². The van der Waals surface area contributed by atoms with Crippen molar-refractivity contribution in [2.45, 2.75) is 56.7 Å². The molecule has 4 nitrogen and oxygen atoms in total. The summed E-state index contributed by atoms with van der Waals surface area (Å²) < 4.78 is 5.69. The molecule has 4 fully saturated rings. The minimum Gasteiger partial charge on any atom is -0.431 e. The van der Waals surface area contributed by atoms with Crippen LogP contribution in [0.15, 0.2) is 27.8 Å². The van der Waals surface area contributed by atoms with Crippen LogP contribution in [0.3, 0.4) is 0 Å². The average molecular weight is 405 g/mol. The molecule has 6 heteroatoms. The summed E-state index contributed by atoms with van der Waals surface area (Å²) in [5.41, 5.74) is 1.76. The van der Waals surface area contributed by atoms with Crippen LogP contribution in [0.1, 0.15) is 45.4 Å². The lowest BCUT2D eigenvalue weighted by molar-refractivity contribution is -0.123. The number of thioether (sulfide) groups is 1. The van der Waals surface area contributed by atoms with Crippen LogP contribution < -0.4 is 5.32 Å². The monoisotopic (exact) mass is 404 g/mol. The van der Waals surface area contributed by atoms with E-state index in [0.717, 1.165) is 23.3 Å². The van der Waals surface area contributed by atoms with Crippen LogP contribution in [0.2, 0.25) is 5.02 Å². The molecule has 1 amide bonds. The summed E-state index contributed by atoms with van der Waals surface area (Å²) in [5.74, 6) is 3.10. The number of benzene rings is 1. The Morgan fingerprint density at radius 3 is 2.63 bits per heavy atom. The highest BCUT2D eigenvalue weighted by Gasteiger charge is 2.53. The lowest BCUT2D eigenvalue weighted by atomic mass is 9.48. The number of aromatic nitrogens is 1. The first-order valence-corrected chi connectivity index (χ1v) is 11.3. The molecule has 144 valence electrons. The third-order valence-corrected chi connectivity index (χ3v) is 8.10. The van der Waals surface area contributed by atoms with Crippen molar-refractivity contribution in [2.24, 2.45) is 23.2 Å². The molecule has 4 saturated carbocycles. The molecule has 4 aliphatic rings. The number of rotatable bonds is 5. The van der Waals surface area contributed by atoms with Gasteiger partial charge in [-0.05, 0) is 86.8 Å². The molecule has 2 aromatic rings. The van der Waals surface area contributed by atoms with Crippen LogP contribution in [-0.4, -0.2) is 22.7 Å². The number of carbonyl (C=O) groups is 1. The van der Waals surface area contributed by atoms with Gasteiger partial charge in [0.2, 0.25) is 5.91 Å². The minimum absolute atomic E-state index is 0.0727. The number of nitrogens with one attached hydrogen (secondary N) is 1. The predicted molar refractivity (Wildman–Crippen MR) is 108 cm³/mol. The van der Waals surface area contributed by atoms with Crippen molar-refractivity contribution in [1.29, 1.82) is 0 Å². The topological polar surface area (TPSA) is 55.1 Å². The number of carbonyl (C=O) groups excluding carboxylic acids is 1. The molecule has 27 heavy (non-hydrogen) atoms. The Balaban J connectivity index is 1.20. The Kier molecular flexibility index (Phi) is 4.43. The Labute approximate surface area is 168 Å². The number of halogens is 1. The zero-order valence-corrected chi connectivity index (χ0v) is 17.1. The molecule has 0 radical (unpaired) electrons. The first-order chi connectivity index (χ1) is 13.0. The zero-order chi connectivity index (χ0) is 18.6. The molecule has 4 bridgehead atoms. The van der Waals surface area contributed by atoms with Gasteiger partial charge < -0.3 is 9.73 Å². The van der Waals surface area contributed by atoms with Crippen molar-refractivity contribution >= 4 is 40.4 Å². The second-order valence-electron chi connectivity index (χ2n) is 8.95. The van der Waals surface area contributed by atoms with Crippen molar-refractivity contribution in [3.8, 4) is 0 Å². The summed E-state index contributed by atoms with van der Waals surface area (Å²) in [6, 6.07) is 5.62. The first-order valence-electron chi connectivity index (χ1n) is 9.97. The molecule has 0 spiro atoms. The quantitative estimate of drug-likeness (QED) is 0.687. The predicted octanol–water partition coefficient (Wildman–Crippen LogP) is 5.29. The summed E-state index contributed by atoms with van der Waals surface area (Å²) in [6.07, 6.45) is 8.20. The largest absolute Gasteiger partial charge is 0.431 e. The van der Waals surface area contributed by atoms with Crippen molar-refractivity contribution in [3.63, 3.8) is 0 Å². The van der Waals surface area contributed by atoms with Gasteiger partial charge in [0, 0.05) is 11.1 Å². The maximum Gasteiger partial charge on any atom is 0.257 e. The summed E-state index contributed by atoms with van der Waals surface area (Å²) in [4.78, 5) is 17.0. The number of amides is 1. The first kappa shape index (κ1) is 17.9. The van der Waals surface area contributed by atoms with E-state index in [-0.39, 0.29) is 11.9 Å². The maximum atomic E-state index is 12.6. The molecular weight excluding hydrogens is 380 g/mol. The van der Waals surface area contributed by atoms with Crippen LogP contribution in [-0.2, 0) is 4.79 Å². The van der Waals surface area contributed by atoms with Crippen molar-refractivity contribution in [3.05, 3.63) is 23.2 Å². The molecule has 0 aliphatic heterocycles. The summed E-state index contributed by atoms with van der Waals surface area (Å²) in [6.45, 7) is 2.22. The van der Waals surface area contributed by atoms with Crippen molar-refractivity contribution in [2.75, 3.05) is 5.75 Å². The average Bonchev–Trinajstić information content (AvgIpc) is 3.01. The van der Waals surface area contributed by atoms with Crippen molar-refractivity contribution in [1.82, 2.24) is 10.3 Å². The van der Waals surface area contributed by atoms with E-state index >= 15 is 0 Å². The highest BCUT2D eigenvalue weighted by Crippen LogP contribution is 2.61. The second-order valence-corrected chi connectivity index (χ2v) is 10.3. The van der Waals surface area contributed by atoms with Crippen LogP contribution in [0.25, 0.3) is 11.1 Å². The van der Waals surface area contributed by atoms with Gasteiger partial charge in [-0.25, -0.2) is 4.98 Å². The standard InChI is InChI=1S/C21H25ClN2O2S/c1-12(21-8-13-4-14(9-21)6-15(5-13)10-21)23-19(25)11-27-20-24-17-7-16(22)2-3-18(17)26-20/h2-3,7,12-15H,4-6,8-11H2,1H3,(H,23,25). The highest BCUT2D eigenvalue weighted by atomic mass is 35.5. The number of hydrogen-bond donors (Lipinski definition) is 1. The second kappa shape index (κ2) is 6.70. The van der Waals surface area contributed by atoms with Gasteiger partial charge in [0.05, 0.1) is 5.75 Å². The SMILES string of the molecule is CC(NC(=O)CSc1nc2cc(Cl)ccc2o1)C12CC3CC(CC(C3)C1)C2. The van der Waals surface area contributed by atoms with Gasteiger partial charge in [0.25, 0.3) is 5.22 Å². The van der Waals surface area contributed by atoms with Crippen molar-refractivity contribution < 1.29 is 9.21 Å². The molecule has 1 atom stereocenters. The number of oxazole rings is 1. The van der Waals surface area contributed by atoms with Gasteiger partial charge in [0.15, 0.2) is 5.58 Å². The third kappa shape index (κ3) is 3.38. The Hall–Kier alpha value is -1.20. The van der Waals surface area contributed by atoms with Gasteiger partial charge in [-0.1, -0.05) is 23.4 Å². The Morgan fingerprint density at radius 1 is 1.30 bits per heavy atom. The van der Waals surface area contributed by atoms with E-state index in [0.29, 0.717) is 27.0 Å². The molecule has 1 N–H and O–H groups in total. The molecular formula is C21H25ClN2O2S. The van der Waals surface area contributed by atoms with Crippen LogP contribution in [0.4, 0.5) is 0 Å². The van der Waals surface area contributed by atoms with Gasteiger partial charge in [0.1, 0.15) is 5.52 Å². The van der Waals surface area contributed by atoms with Gasteiger partial charge in [-0.15, -0.1) is 0 Å². The normalized spacial score (nSPS) is 32.7. The molecule has 6 rings (SSSR count). The summed E-state index contributed by atoms with van der Waals surface area (Å²) in [5, 5.41) is 4.45. The fraction of sp³-hybridized carbons (Fsp3) is 0.619. The van der Waals surface area contributed by atoms with E-state index in [9.17, 15) is 4.79 Å². The highest BCUT2D eigenvalue weighted by molar-refractivity contribution is 7.99. The summed E-state index contributed by atoms with van der Waals surface area (Å²) >= 11 is 7.34. The number of nitrogens with zero attached hydrogens (tertiary/aromatic N) is 1. The summed E-state index contributed by atoms with van der Waals surface area (Å²) in [7, 11) is 0. The number of hydrogen-bond acceptors (Lipinski definition) is 4. The fourth-order valence-electron chi connectivity index (χ4n) is 6.21. The van der Waals surface area contributed by atoms with E-state index in [1.807, 2.05) is 6.07 Å². The maximum absolute atomic E-state index is 12.6. The lowest BCUT2D eigenvalue weighted by Gasteiger charge is -2.59. The molecule has 4 aliphatic carbocycles. The molecule has 1 heterocycles.